The van der Waals surface area contributed by atoms with Gasteiger partial charge < -0.3 is 19.7 Å². The number of nitrogens with zero attached hydrogens (tertiary/aromatic N) is 1. The average molecular weight is 332 g/mol. The Morgan fingerprint density at radius 2 is 2.22 bits per heavy atom. The summed E-state index contributed by atoms with van der Waals surface area (Å²) in [5.41, 5.74) is 0.142. The maximum Gasteiger partial charge on any atom is 0.322 e. The third-order valence-electron chi connectivity index (χ3n) is 3.69. The van der Waals surface area contributed by atoms with Gasteiger partial charge in [0, 0.05) is 12.6 Å². The normalized spacial score (nSPS) is 21.4. The maximum atomic E-state index is 13.3. The molecule has 1 N–H and O–H groups in total. The molecule has 0 bridgehead atoms. The zero-order valence-corrected chi connectivity index (χ0v) is 12.9. The Labute approximate surface area is 132 Å². The number of nitrogens with one attached hydrogen (secondary N) is 1. The van der Waals surface area contributed by atoms with Crippen molar-refractivity contribution >= 4 is 11.7 Å². The molecule has 0 saturated carbocycles. The maximum absolute atomic E-state index is 13.3. The van der Waals surface area contributed by atoms with E-state index in [2.05, 4.69) is 5.32 Å². The first-order valence-electron chi connectivity index (χ1n) is 7.28. The van der Waals surface area contributed by atoms with E-state index in [1.807, 2.05) is 13.8 Å². The van der Waals surface area contributed by atoms with Crippen molar-refractivity contribution in [2.24, 2.45) is 0 Å². The molecule has 2 atom stereocenters. The van der Waals surface area contributed by atoms with Crippen LogP contribution in [0.25, 0.3) is 0 Å². The molecule has 0 spiro atoms. The molecule has 2 unspecified atom stereocenters. The molecular weight excluding hydrogens is 313 g/mol. The fourth-order valence-electron chi connectivity index (χ4n) is 2.28. The van der Waals surface area contributed by atoms with Crippen LogP contribution in [0.5, 0.6) is 5.75 Å². The van der Waals surface area contributed by atoms with Crippen LogP contribution in [0.1, 0.15) is 13.8 Å². The molecule has 1 aliphatic heterocycles. The van der Waals surface area contributed by atoms with Crippen LogP contribution in [0, 0.1) is 5.82 Å². The standard InChI is InChI=1S/C15H19F3N2O3/c1-9-10(2)22-6-5-20(9)15(21)19-12-4-3-11(16)7-13(12)23-8-14(17)18/h3-4,7,9-10,14H,5-6,8H2,1-2H3,(H,19,21). The van der Waals surface area contributed by atoms with Crippen LogP contribution in [0.3, 0.4) is 0 Å². The van der Waals surface area contributed by atoms with Gasteiger partial charge in [0.05, 0.1) is 24.4 Å². The van der Waals surface area contributed by atoms with E-state index in [1.165, 1.54) is 6.07 Å². The highest BCUT2D eigenvalue weighted by molar-refractivity contribution is 5.91. The summed E-state index contributed by atoms with van der Waals surface area (Å²) >= 11 is 0. The second-order valence-corrected chi connectivity index (χ2v) is 5.28. The summed E-state index contributed by atoms with van der Waals surface area (Å²) in [5.74, 6) is -0.770. The van der Waals surface area contributed by atoms with E-state index in [4.69, 9.17) is 9.47 Å². The van der Waals surface area contributed by atoms with E-state index < -0.39 is 24.9 Å². The second kappa shape index (κ2) is 7.54. The summed E-state index contributed by atoms with van der Waals surface area (Å²) in [7, 11) is 0. The lowest BCUT2D eigenvalue weighted by atomic mass is 10.1. The molecule has 1 fully saturated rings. The van der Waals surface area contributed by atoms with Gasteiger partial charge in [-0.05, 0) is 26.0 Å². The zero-order valence-electron chi connectivity index (χ0n) is 12.9. The lowest BCUT2D eigenvalue weighted by Gasteiger charge is -2.37. The monoisotopic (exact) mass is 332 g/mol. The van der Waals surface area contributed by atoms with Crippen molar-refractivity contribution in [2.75, 3.05) is 25.1 Å². The molecule has 0 aromatic heterocycles. The Morgan fingerprint density at radius 3 is 2.91 bits per heavy atom. The summed E-state index contributed by atoms with van der Waals surface area (Å²) < 4.78 is 48.1. The van der Waals surface area contributed by atoms with Crippen LogP contribution in [0.2, 0.25) is 0 Å². The third kappa shape index (κ3) is 4.51. The summed E-state index contributed by atoms with van der Waals surface area (Å²) in [4.78, 5) is 13.9. The molecule has 0 aliphatic carbocycles. The SMILES string of the molecule is CC1OCCN(C(=O)Nc2ccc(F)cc2OCC(F)F)C1C. The van der Waals surface area contributed by atoms with Gasteiger partial charge >= 0.3 is 6.03 Å². The van der Waals surface area contributed by atoms with Gasteiger partial charge in [-0.25, -0.2) is 18.0 Å². The Hall–Kier alpha value is -1.96. The van der Waals surface area contributed by atoms with E-state index in [-0.39, 0.29) is 23.6 Å². The first-order chi connectivity index (χ1) is 10.9. The lowest BCUT2D eigenvalue weighted by molar-refractivity contribution is -0.0355. The molecule has 0 radical (unpaired) electrons. The molecule has 1 saturated heterocycles. The molecule has 2 amide bonds. The number of benzene rings is 1. The molecule has 1 aliphatic rings. The van der Waals surface area contributed by atoms with Crippen LogP contribution in [0.15, 0.2) is 18.2 Å². The number of alkyl halides is 2. The van der Waals surface area contributed by atoms with Crippen LogP contribution >= 0.6 is 0 Å². The number of morpholine rings is 1. The fourth-order valence-corrected chi connectivity index (χ4v) is 2.28. The van der Waals surface area contributed by atoms with Crippen LogP contribution < -0.4 is 10.1 Å². The number of amides is 2. The molecule has 1 aromatic carbocycles. The van der Waals surface area contributed by atoms with Gasteiger partial charge in [-0.15, -0.1) is 0 Å². The first-order valence-corrected chi connectivity index (χ1v) is 7.28. The van der Waals surface area contributed by atoms with Gasteiger partial charge in [-0.3, -0.25) is 0 Å². The Morgan fingerprint density at radius 1 is 1.48 bits per heavy atom. The number of halogens is 3. The summed E-state index contributed by atoms with van der Waals surface area (Å²) in [5, 5.41) is 2.58. The number of hydrogen-bond donors (Lipinski definition) is 1. The van der Waals surface area contributed by atoms with E-state index in [0.29, 0.717) is 13.2 Å². The molecule has 128 valence electrons. The number of carbonyl (C=O) groups is 1. The zero-order chi connectivity index (χ0) is 17.0. The van der Waals surface area contributed by atoms with Gasteiger partial charge in [-0.2, -0.15) is 0 Å². The van der Waals surface area contributed by atoms with Crippen molar-refractivity contribution in [2.45, 2.75) is 32.4 Å². The Balaban J connectivity index is 2.10. The van der Waals surface area contributed by atoms with Crippen LogP contribution in [-0.4, -0.2) is 49.3 Å². The molecule has 5 nitrogen and oxygen atoms in total. The topological polar surface area (TPSA) is 50.8 Å². The minimum Gasteiger partial charge on any atom is -0.485 e. The lowest BCUT2D eigenvalue weighted by Crippen LogP contribution is -2.52. The number of carbonyl (C=O) groups excluding carboxylic acids is 1. The van der Waals surface area contributed by atoms with Crippen molar-refractivity contribution < 1.29 is 27.4 Å². The van der Waals surface area contributed by atoms with E-state index >= 15 is 0 Å². The summed E-state index contributed by atoms with van der Waals surface area (Å²) in [6, 6.07) is 2.80. The highest BCUT2D eigenvalue weighted by atomic mass is 19.3. The van der Waals surface area contributed by atoms with E-state index in [9.17, 15) is 18.0 Å². The van der Waals surface area contributed by atoms with Crippen molar-refractivity contribution in [1.29, 1.82) is 0 Å². The highest BCUT2D eigenvalue weighted by Gasteiger charge is 2.29. The highest BCUT2D eigenvalue weighted by Crippen LogP contribution is 2.27. The van der Waals surface area contributed by atoms with Crippen LogP contribution in [-0.2, 0) is 4.74 Å². The molecule has 8 heteroatoms. The number of ether oxygens (including phenoxy) is 2. The van der Waals surface area contributed by atoms with E-state index in [0.717, 1.165) is 12.1 Å². The van der Waals surface area contributed by atoms with Gasteiger partial charge in [0.15, 0.2) is 0 Å². The number of hydrogen-bond acceptors (Lipinski definition) is 3. The van der Waals surface area contributed by atoms with Gasteiger partial charge in [-0.1, -0.05) is 0 Å². The van der Waals surface area contributed by atoms with Crippen molar-refractivity contribution in [3.8, 4) is 5.75 Å². The summed E-state index contributed by atoms with van der Waals surface area (Å²) in [6.45, 7) is 3.65. The molecule has 1 heterocycles. The predicted molar refractivity (Wildman–Crippen MR) is 78.5 cm³/mol. The number of anilines is 1. The average Bonchev–Trinajstić information content (AvgIpc) is 2.50. The fraction of sp³-hybridized carbons (Fsp3) is 0.533. The Kier molecular flexibility index (Phi) is 5.70. The van der Waals surface area contributed by atoms with Gasteiger partial charge in [0.1, 0.15) is 18.2 Å². The smallest absolute Gasteiger partial charge is 0.322 e. The van der Waals surface area contributed by atoms with E-state index in [1.54, 1.807) is 4.90 Å². The molecule has 23 heavy (non-hydrogen) atoms. The quantitative estimate of drug-likeness (QED) is 0.922. The third-order valence-corrected chi connectivity index (χ3v) is 3.69. The van der Waals surface area contributed by atoms with Crippen molar-refractivity contribution in [3.05, 3.63) is 24.0 Å². The second-order valence-electron chi connectivity index (χ2n) is 5.28. The van der Waals surface area contributed by atoms with Crippen molar-refractivity contribution in [1.82, 2.24) is 4.90 Å². The largest absolute Gasteiger partial charge is 0.485 e. The minimum absolute atomic E-state index is 0.114. The molecule has 1 aromatic rings. The molecular formula is C15H19F3N2O3. The minimum atomic E-state index is -2.69. The predicted octanol–water partition coefficient (Wildman–Crippen LogP) is 3.11. The number of urea groups is 1. The summed E-state index contributed by atoms with van der Waals surface area (Å²) in [6.07, 6.45) is -2.81. The van der Waals surface area contributed by atoms with Gasteiger partial charge in [0.25, 0.3) is 6.43 Å². The number of rotatable bonds is 4. The van der Waals surface area contributed by atoms with Crippen LogP contribution in [0.4, 0.5) is 23.7 Å². The molecule has 2 rings (SSSR count). The van der Waals surface area contributed by atoms with Crippen molar-refractivity contribution in [3.63, 3.8) is 0 Å². The van der Waals surface area contributed by atoms with Gasteiger partial charge in [0.2, 0.25) is 0 Å². The first kappa shape index (κ1) is 17.4. The Bertz CT molecular complexity index is 557.